The fraction of sp³-hybridized carbons (Fsp3) is 0.588. The fourth-order valence-corrected chi connectivity index (χ4v) is 2.32. The van der Waals surface area contributed by atoms with Gasteiger partial charge in [-0.25, -0.2) is 0 Å². The lowest BCUT2D eigenvalue weighted by atomic mass is 10.0. The highest BCUT2D eigenvalue weighted by Gasteiger charge is 2.12. The van der Waals surface area contributed by atoms with E-state index in [9.17, 15) is 4.79 Å². The number of methoxy groups -OCH3 is 2. The molecular weight excluding hydrogens is 266 g/mol. The zero-order chi connectivity index (χ0) is 15.7. The molecule has 0 aliphatic rings. The number of hydrogen-bond donors (Lipinski definition) is 0. The highest BCUT2D eigenvalue weighted by atomic mass is 16.5. The van der Waals surface area contributed by atoms with Crippen LogP contribution in [-0.2, 0) is 27.2 Å². The van der Waals surface area contributed by atoms with Crippen molar-refractivity contribution in [2.24, 2.45) is 5.92 Å². The fourth-order valence-electron chi connectivity index (χ4n) is 2.32. The summed E-state index contributed by atoms with van der Waals surface area (Å²) in [6.07, 6.45) is 0.326. The Bertz CT molecular complexity index is 432. The molecule has 0 amide bonds. The molecule has 21 heavy (non-hydrogen) atoms. The molecule has 0 radical (unpaired) electrons. The molecule has 0 atom stereocenters. The molecule has 4 nitrogen and oxygen atoms in total. The zero-order valence-corrected chi connectivity index (χ0v) is 13.6. The molecule has 0 spiro atoms. The van der Waals surface area contributed by atoms with Gasteiger partial charge in [-0.05, 0) is 17.0 Å². The third-order valence-corrected chi connectivity index (χ3v) is 3.31. The van der Waals surface area contributed by atoms with Crippen LogP contribution >= 0.6 is 0 Å². The van der Waals surface area contributed by atoms with Gasteiger partial charge in [0.1, 0.15) is 0 Å². The summed E-state index contributed by atoms with van der Waals surface area (Å²) in [6, 6.07) is 8.05. The summed E-state index contributed by atoms with van der Waals surface area (Å²) in [5.41, 5.74) is 2.22. The molecule has 0 saturated carbocycles. The minimum Gasteiger partial charge on any atom is -0.469 e. The lowest BCUT2D eigenvalue weighted by Crippen LogP contribution is -2.31. The van der Waals surface area contributed by atoms with Crippen molar-refractivity contribution < 1.29 is 14.3 Å². The standard InChI is InChI=1S/C17H27NO3/c1-14(2)12-18(9-10-20-3)13-16-8-6-5-7-15(16)11-17(19)21-4/h5-8,14H,9-13H2,1-4H3. The van der Waals surface area contributed by atoms with Gasteiger partial charge in [0.2, 0.25) is 0 Å². The first-order valence-electron chi connectivity index (χ1n) is 7.41. The van der Waals surface area contributed by atoms with Gasteiger partial charge in [-0.3, -0.25) is 9.69 Å². The number of carbonyl (C=O) groups excluding carboxylic acids is 1. The summed E-state index contributed by atoms with van der Waals surface area (Å²) in [6.45, 7) is 7.86. The summed E-state index contributed by atoms with van der Waals surface area (Å²) in [5, 5.41) is 0. The number of esters is 1. The van der Waals surface area contributed by atoms with E-state index in [0.717, 1.165) is 25.2 Å². The Morgan fingerprint density at radius 2 is 1.86 bits per heavy atom. The number of rotatable bonds is 9. The van der Waals surface area contributed by atoms with Crippen molar-refractivity contribution in [1.29, 1.82) is 0 Å². The van der Waals surface area contributed by atoms with Crippen LogP contribution in [0.15, 0.2) is 24.3 Å². The lowest BCUT2D eigenvalue weighted by molar-refractivity contribution is -0.139. The first-order valence-corrected chi connectivity index (χ1v) is 7.41. The second kappa shape index (κ2) is 9.53. The van der Waals surface area contributed by atoms with Gasteiger partial charge in [0.25, 0.3) is 0 Å². The minimum atomic E-state index is -0.199. The number of nitrogens with zero attached hydrogens (tertiary/aromatic N) is 1. The van der Waals surface area contributed by atoms with Gasteiger partial charge in [0, 0.05) is 26.7 Å². The lowest BCUT2D eigenvalue weighted by Gasteiger charge is -2.25. The van der Waals surface area contributed by atoms with E-state index in [1.54, 1.807) is 7.11 Å². The minimum absolute atomic E-state index is 0.199. The van der Waals surface area contributed by atoms with E-state index in [2.05, 4.69) is 24.8 Å². The van der Waals surface area contributed by atoms with Crippen molar-refractivity contribution in [3.63, 3.8) is 0 Å². The molecule has 118 valence electrons. The van der Waals surface area contributed by atoms with Gasteiger partial charge in [-0.1, -0.05) is 38.1 Å². The van der Waals surface area contributed by atoms with Crippen molar-refractivity contribution in [3.05, 3.63) is 35.4 Å². The molecule has 0 aliphatic heterocycles. The van der Waals surface area contributed by atoms with E-state index in [4.69, 9.17) is 9.47 Å². The average molecular weight is 293 g/mol. The predicted molar refractivity (Wildman–Crippen MR) is 84.2 cm³/mol. The molecule has 0 bridgehead atoms. The Balaban J connectivity index is 2.79. The van der Waals surface area contributed by atoms with Crippen LogP contribution < -0.4 is 0 Å². The number of ether oxygens (including phenoxy) is 2. The summed E-state index contributed by atoms with van der Waals surface area (Å²) in [5.74, 6) is 0.393. The summed E-state index contributed by atoms with van der Waals surface area (Å²) >= 11 is 0. The monoisotopic (exact) mass is 293 g/mol. The zero-order valence-electron chi connectivity index (χ0n) is 13.6. The maximum absolute atomic E-state index is 11.5. The van der Waals surface area contributed by atoms with Crippen LogP contribution in [-0.4, -0.2) is 44.8 Å². The van der Waals surface area contributed by atoms with Gasteiger partial charge in [-0.15, -0.1) is 0 Å². The molecule has 0 saturated heterocycles. The Morgan fingerprint density at radius 1 is 1.19 bits per heavy atom. The third-order valence-electron chi connectivity index (χ3n) is 3.31. The molecule has 0 fully saturated rings. The molecule has 0 N–H and O–H groups in total. The topological polar surface area (TPSA) is 38.8 Å². The Labute approximate surface area is 128 Å². The maximum Gasteiger partial charge on any atom is 0.309 e. The quantitative estimate of drug-likeness (QED) is 0.656. The Morgan fingerprint density at radius 3 is 2.43 bits per heavy atom. The van der Waals surface area contributed by atoms with Crippen molar-refractivity contribution in [2.75, 3.05) is 33.9 Å². The molecule has 4 heteroatoms. The van der Waals surface area contributed by atoms with Gasteiger partial charge in [0.15, 0.2) is 0 Å². The van der Waals surface area contributed by atoms with E-state index < -0.39 is 0 Å². The first-order chi connectivity index (χ1) is 10.1. The molecule has 0 aliphatic carbocycles. The van der Waals surface area contributed by atoms with Gasteiger partial charge in [0.05, 0.1) is 20.1 Å². The van der Waals surface area contributed by atoms with Gasteiger partial charge >= 0.3 is 5.97 Å². The second-order valence-electron chi connectivity index (χ2n) is 5.64. The Kier molecular flexibility index (Phi) is 8.01. The highest BCUT2D eigenvalue weighted by molar-refractivity contribution is 5.72. The smallest absolute Gasteiger partial charge is 0.309 e. The van der Waals surface area contributed by atoms with Crippen molar-refractivity contribution in [2.45, 2.75) is 26.8 Å². The normalized spacial score (nSPS) is 11.1. The van der Waals surface area contributed by atoms with Crippen LogP contribution in [0.3, 0.4) is 0 Å². The van der Waals surface area contributed by atoms with E-state index in [0.29, 0.717) is 18.9 Å². The maximum atomic E-state index is 11.5. The molecule has 0 heterocycles. The van der Waals surface area contributed by atoms with Crippen LogP contribution in [0.5, 0.6) is 0 Å². The van der Waals surface area contributed by atoms with Crippen LogP contribution in [0.25, 0.3) is 0 Å². The van der Waals surface area contributed by atoms with Crippen molar-refractivity contribution >= 4 is 5.97 Å². The molecule has 1 aromatic rings. The SMILES string of the molecule is COCCN(Cc1ccccc1CC(=O)OC)CC(C)C. The van der Waals surface area contributed by atoms with Crippen LogP contribution in [0.4, 0.5) is 0 Å². The van der Waals surface area contributed by atoms with E-state index in [-0.39, 0.29) is 5.97 Å². The molecule has 1 rings (SSSR count). The summed E-state index contributed by atoms with van der Waals surface area (Å²) in [4.78, 5) is 13.9. The molecule has 0 aromatic heterocycles. The predicted octanol–water partition coefficient (Wildman–Crippen LogP) is 2.51. The van der Waals surface area contributed by atoms with Gasteiger partial charge in [-0.2, -0.15) is 0 Å². The van der Waals surface area contributed by atoms with E-state index >= 15 is 0 Å². The van der Waals surface area contributed by atoms with E-state index in [1.807, 2.05) is 18.2 Å². The summed E-state index contributed by atoms with van der Waals surface area (Å²) in [7, 11) is 3.15. The molecule has 1 aromatic carbocycles. The first kappa shape index (κ1) is 17.7. The number of benzene rings is 1. The van der Waals surface area contributed by atoms with Gasteiger partial charge < -0.3 is 9.47 Å². The highest BCUT2D eigenvalue weighted by Crippen LogP contribution is 2.14. The third kappa shape index (κ3) is 6.74. The van der Waals surface area contributed by atoms with E-state index in [1.165, 1.54) is 12.7 Å². The van der Waals surface area contributed by atoms with Crippen molar-refractivity contribution in [3.8, 4) is 0 Å². The Hall–Kier alpha value is -1.39. The van der Waals surface area contributed by atoms with Crippen LogP contribution in [0.2, 0.25) is 0 Å². The largest absolute Gasteiger partial charge is 0.469 e. The molecular formula is C17H27NO3. The summed E-state index contributed by atoms with van der Waals surface area (Å²) < 4.78 is 9.96. The number of carbonyl (C=O) groups is 1. The number of hydrogen-bond acceptors (Lipinski definition) is 4. The van der Waals surface area contributed by atoms with Crippen LogP contribution in [0.1, 0.15) is 25.0 Å². The van der Waals surface area contributed by atoms with Crippen LogP contribution in [0, 0.1) is 5.92 Å². The van der Waals surface area contributed by atoms with Crippen molar-refractivity contribution in [1.82, 2.24) is 4.90 Å². The molecule has 0 unspecified atom stereocenters. The second-order valence-corrected chi connectivity index (χ2v) is 5.64. The average Bonchev–Trinajstić information content (AvgIpc) is 2.46.